The monoisotopic (exact) mass is 261 g/mol. The van der Waals surface area contributed by atoms with Crippen LogP contribution in [0.25, 0.3) is 0 Å². The molecule has 7 nitrogen and oxygen atoms in total. The van der Waals surface area contributed by atoms with E-state index in [4.69, 9.17) is 4.52 Å². The Balaban J connectivity index is 1.73. The van der Waals surface area contributed by atoms with Crippen molar-refractivity contribution in [2.24, 2.45) is 0 Å². The fraction of sp³-hybridized carbons (Fsp3) is 0.500. The minimum absolute atomic E-state index is 0.0818. The number of hydrogen-bond acceptors (Lipinski definition) is 5. The predicted molar refractivity (Wildman–Crippen MR) is 65.4 cm³/mol. The number of nitrogens with zero attached hydrogens (tertiary/aromatic N) is 5. The van der Waals surface area contributed by atoms with Crippen molar-refractivity contribution in [3.63, 3.8) is 0 Å². The van der Waals surface area contributed by atoms with E-state index in [1.165, 1.54) is 6.33 Å². The number of aromatic nitrogens is 4. The lowest BCUT2D eigenvalue weighted by molar-refractivity contribution is 0.0662. The first-order valence-corrected chi connectivity index (χ1v) is 6.31. The van der Waals surface area contributed by atoms with Gasteiger partial charge in [-0.1, -0.05) is 5.16 Å². The van der Waals surface area contributed by atoms with Crippen LogP contribution in [0.2, 0.25) is 0 Å². The zero-order valence-corrected chi connectivity index (χ0v) is 10.7. The summed E-state index contributed by atoms with van der Waals surface area (Å²) in [6, 6.07) is 1.86. The Morgan fingerprint density at radius 2 is 2.42 bits per heavy atom. The van der Waals surface area contributed by atoms with Gasteiger partial charge in [0.2, 0.25) is 0 Å². The van der Waals surface area contributed by atoms with Gasteiger partial charge in [-0.25, -0.2) is 9.67 Å². The summed E-state index contributed by atoms with van der Waals surface area (Å²) in [5.41, 5.74) is 0.372. The van der Waals surface area contributed by atoms with Crippen LogP contribution >= 0.6 is 0 Å². The quantitative estimate of drug-likeness (QED) is 0.807. The van der Waals surface area contributed by atoms with Crippen molar-refractivity contribution in [1.29, 1.82) is 0 Å². The normalized spacial score (nSPS) is 19.6. The number of rotatable bonds is 2. The van der Waals surface area contributed by atoms with Crippen LogP contribution in [0.3, 0.4) is 0 Å². The van der Waals surface area contributed by atoms with Crippen LogP contribution in [-0.4, -0.2) is 43.8 Å². The molecule has 1 fully saturated rings. The zero-order chi connectivity index (χ0) is 13.2. The van der Waals surface area contributed by atoms with Crippen LogP contribution in [0, 0.1) is 6.92 Å². The van der Waals surface area contributed by atoms with Crippen LogP contribution in [0.4, 0.5) is 0 Å². The Morgan fingerprint density at radius 1 is 1.53 bits per heavy atom. The predicted octanol–water partition coefficient (Wildman–Crippen LogP) is 1.05. The molecule has 0 N–H and O–H groups in total. The largest absolute Gasteiger partial charge is 0.361 e. The smallest absolute Gasteiger partial charge is 0.276 e. The summed E-state index contributed by atoms with van der Waals surface area (Å²) in [5, 5.41) is 7.92. The Morgan fingerprint density at radius 3 is 3.11 bits per heavy atom. The van der Waals surface area contributed by atoms with Gasteiger partial charge < -0.3 is 9.42 Å². The molecule has 0 aromatic carbocycles. The first-order valence-electron chi connectivity index (χ1n) is 6.31. The van der Waals surface area contributed by atoms with Gasteiger partial charge in [-0.15, -0.1) is 0 Å². The van der Waals surface area contributed by atoms with Crippen molar-refractivity contribution in [2.75, 3.05) is 13.1 Å². The molecule has 1 saturated heterocycles. The molecule has 3 heterocycles. The average molecular weight is 261 g/mol. The number of aryl methyl sites for hydroxylation is 1. The molecule has 0 aliphatic carbocycles. The number of amides is 1. The Hall–Kier alpha value is -2.18. The minimum atomic E-state index is -0.0818. The number of likely N-dealkylation sites (tertiary alicyclic amines) is 1. The average Bonchev–Trinajstić information content (AvgIpc) is 3.09. The van der Waals surface area contributed by atoms with Crippen LogP contribution in [0.1, 0.15) is 35.1 Å². The van der Waals surface area contributed by atoms with Gasteiger partial charge in [-0.2, -0.15) is 5.10 Å². The highest BCUT2D eigenvalue weighted by Crippen LogP contribution is 2.21. The molecule has 0 spiro atoms. The topological polar surface area (TPSA) is 77.1 Å². The summed E-state index contributed by atoms with van der Waals surface area (Å²) in [4.78, 5) is 18.0. The lowest BCUT2D eigenvalue weighted by Crippen LogP contribution is -2.41. The molecular formula is C12H15N5O2. The van der Waals surface area contributed by atoms with Gasteiger partial charge in [0.15, 0.2) is 5.69 Å². The van der Waals surface area contributed by atoms with E-state index in [0.29, 0.717) is 18.0 Å². The second-order valence-electron chi connectivity index (χ2n) is 4.75. The van der Waals surface area contributed by atoms with Crippen LogP contribution < -0.4 is 0 Å². The first kappa shape index (κ1) is 11.9. The third-order valence-corrected chi connectivity index (χ3v) is 3.34. The van der Waals surface area contributed by atoms with E-state index < -0.39 is 0 Å². The lowest BCUT2D eigenvalue weighted by atomic mass is 10.1. The fourth-order valence-corrected chi connectivity index (χ4v) is 2.39. The maximum atomic E-state index is 12.3. The lowest BCUT2D eigenvalue weighted by Gasteiger charge is -2.32. The van der Waals surface area contributed by atoms with E-state index in [9.17, 15) is 4.79 Å². The summed E-state index contributed by atoms with van der Waals surface area (Å²) in [7, 11) is 0. The van der Waals surface area contributed by atoms with Crippen molar-refractivity contribution in [1.82, 2.24) is 24.8 Å². The molecule has 0 unspecified atom stereocenters. The molecule has 1 amide bonds. The SMILES string of the molecule is Cc1cc(C(=O)N2CCC[C@@H](n3cncn3)C2)no1. The molecule has 0 radical (unpaired) electrons. The Labute approximate surface area is 110 Å². The van der Waals surface area contributed by atoms with Crippen molar-refractivity contribution in [2.45, 2.75) is 25.8 Å². The molecule has 1 atom stereocenters. The zero-order valence-electron chi connectivity index (χ0n) is 10.7. The van der Waals surface area contributed by atoms with E-state index in [2.05, 4.69) is 15.2 Å². The van der Waals surface area contributed by atoms with Gasteiger partial charge in [0.05, 0.1) is 6.04 Å². The number of carbonyl (C=O) groups is 1. The van der Waals surface area contributed by atoms with Crippen molar-refractivity contribution in [3.8, 4) is 0 Å². The number of carbonyl (C=O) groups excluding carboxylic acids is 1. The molecule has 7 heteroatoms. The number of hydrogen-bond donors (Lipinski definition) is 0. The summed E-state index contributed by atoms with van der Waals surface area (Å²) in [6.07, 6.45) is 5.17. The molecule has 1 aliphatic rings. The van der Waals surface area contributed by atoms with E-state index in [1.54, 1.807) is 24.2 Å². The maximum absolute atomic E-state index is 12.3. The molecule has 0 saturated carbocycles. The van der Waals surface area contributed by atoms with Crippen molar-refractivity contribution < 1.29 is 9.32 Å². The summed E-state index contributed by atoms with van der Waals surface area (Å²) in [6.45, 7) is 3.15. The summed E-state index contributed by atoms with van der Waals surface area (Å²) >= 11 is 0. The van der Waals surface area contributed by atoms with Crippen LogP contribution in [-0.2, 0) is 0 Å². The summed E-state index contributed by atoms with van der Waals surface area (Å²) < 4.78 is 6.76. The molecule has 2 aromatic heterocycles. The highest BCUT2D eigenvalue weighted by Gasteiger charge is 2.27. The third-order valence-electron chi connectivity index (χ3n) is 3.34. The molecule has 1 aliphatic heterocycles. The summed E-state index contributed by atoms with van der Waals surface area (Å²) in [5.74, 6) is 0.565. The highest BCUT2D eigenvalue weighted by molar-refractivity contribution is 5.92. The van der Waals surface area contributed by atoms with Gasteiger partial charge in [0.25, 0.3) is 5.91 Å². The molecule has 0 bridgehead atoms. The van der Waals surface area contributed by atoms with Gasteiger partial charge in [0.1, 0.15) is 18.4 Å². The van der Waals surface area contributed by atoms with Crippen molar-refractivity contribution in [3.05, 3.63) is 30.2 Å². The first-order chi connectivity index (χ1) is 9.24. The minimum Gasteiger partial charge on any atom is -0.361 e. The molecule has 19 heavy (non-hydrogen) atoms. The van der Waals surface area contributed by atoms with Gasteiger partial charge in [-0.05, 0) is 19.8 Å². The maximum Gasteiger partial charge on any atom is 0.276 e. The van der Waals surface area contributed by atoms with Crippen molar-refractivity contribution >= 4 is 5.91 Å². The van der Waals surface area contributed by atoms with Crippen LogP contribution in [0.15, 0.2) is 23.2 Å². The highest BCUT2D eigenvalue weighted by atomic mass is 16.5. The number of piperidine rings is 1. The fourth-order valence-electron chi connectivity index (χ4n) is 2.39. The van der Waals surface area contributed by atoms with E-state index >= 15 is 0 Å². The van der Waals surface area contributed by atoms with E-state index in [1.807, 2.05) is 4.68 Å². The van der Waals surface area contributed by atoms with Gasteiger partial charge >= 0.3 is 0 Å². The molecule has 100 valence electrons. The van der Waals surface area contributed by atoms with Crippen LogP contribution in [0.5, 0.6) is 0 Å². The Bertz CT molecular complexity index is 562. The standard InChI is InChI=1S/C12H15N5O2/c1-9-5-11(15-19-9)12(18)16-4-2-3-10(6-16)17-8-13-7-14-17/h5,7-8,10H,2-4,6H2,1H3/t10-/m1/s1. The van der Waals surface area contributed by atoms with E-state index in [-0.39, 0.29) is 11.9 Å². The van der Waals surface area contributed by atoms with E-state index in [0.717, 1.165) is 19.4 Å². The van der Waals surface area contributed by atoms with Gasteiger partial charge in [0, 0.05) is 19.2 Å². The third kappa shape index (κ3) is 2.35. The molecular weight excluding hydrogens is 246 g/mol. The Kier molecular flexibility index (Phi) is 3.02. The van der Waals surface area contributed by atoms with Gasteiger partial charge in [-0.3, -0.25) is 4.79 Å². The second-order valence-corrected chi connectivity index (χ2v) is 4.75. The molecule has 3 rings (SSSR count). The molecule has 2 aromatic rings. The second kappa shape index (κ2) is 4.83.